The Hall–Kier alpha value is -1.07. The van der Waals surface area contributed by atoms with Crippen molar-refractivity contribution in [2.75, 3.05) is 0 Å². The second kappa shape index (κ2) is 6.79. The normalized spacial score (nSPS) is 21.5. The van der Waals surface area contributed by atoms with Crippen LogP contribution in [-0.4, -0.2) is 23.8 Å². The molecule has 4 nitrogen and oxygen atoms in total. The van der Waals surface area contributed by atoms with Crippen molar-refractivity contribution in [3.05, 3.63) is 34.3 Å². The fraction of sp³-hybridized carbons (Fsp3) is 0.562. The van der Waals surface area contributed by atoms with Crippen LogP contribution in [0.1, 0.15) is 39.2 Å². The van der Waals surface area contributed by atoms with Gasteiger partial charge in [0.15, 0.2) is 0 Å². The van der Waals surface area contributed by atoms with Gasteiger partial charge in [-0.25, -0.2) is 4.79 Å². The van der Waals surface area contributed by atoms with E-state index in [-0.39, 0.29) is 18.2 Å². The number of amides is 1. The average Bonchev–Trinajstić information content (AvgIpc) is 2.31. The molecule has 0 radical (unpaired) electrons. The molecule has 0 bridgehead atoms. The standard InChI is InChI=1S/C16H22BrNO3/c1-16(2,3)21-15(19)18-13-8-14(9-13)20-10-11-4-6-12(17)7-5-11/h4-7,13-14H,8-10H2,1-3H3,(H,18,19). The summed E-state index contributed by atoms with van der Waals surface area (Å²) in [6.07, 6.45) is 1.55. The summed E-state index contributed by atoms with van der Waals surface area (Å²) in [5.41, 5.74) is 0.701. The molecule has 0 aromatic heterocycles. The van der Waals surface area contributed by atoms with E-state index in [0.717, 1.165) is 22.9 Å². The maximum atomic E-state index is 11.6. The van der Waals surface area contributed by atoms with Crippen molar-refractivity contribution in [2.45, 2.75) is 58.0 Å². The van der Waals surface area contributed by atoms with Crippen LogP contribution >= 0.6 is 15.9 Å². The lowest BCUT2D eigenvalue weighted by Crippen LogP contribution is -2.49. The third-order valence-corrected chi connectivity index (χ3v) is 3.74. The van der Waals surface area contributed by atoms with Gasteiger partial charge in [-0.05, 0) is 51.3 Å². The minimum atomic E-state index is -0.453. The van der Waals surface area contributed by atoms with E-state index in [0.29, 0.717) is 6.61 Å². The van der Waals surface area contributed by atoms with Crippen LogP contribution in [0.15, 0.2) is 28.7 Å². The summed E-state index contributed by atoms with van der Waals surface area (Å²) in [5, 5.41) is 2.86. The van der Waals surface area contributed by atoms with Gasteiger partial charge in [-0.1, -0.05) is 28.1 Å². The molecule has 1 aromatic rings. The highest BCUT2D eigenvalue weighted by molar-refractivity contribution is 9.10. The van der Waals surface area contributed by atoms with E-state index in [9.17, 15) is 4.79 Å². The van der Waals surface area contributed by atoms with Crippen molar-refractivity contribution in [3.8, 4) is 0 Å². The lowest BCUT2D eigenvalue weighted by atomic mass is 9.89. The summed E-state index contributed by atoms with van der Waals surface area (Å²) in [6, 6.07) is 8.26. The van der Waals surface area contributed by atoms with Gasteiger partial charge in [-0.3, -0.25) is 0 Å². The molecular weight excluding hydrogens is 334 g/mol. The summed E-state index contributed by atoms with van der Waals surface area (Å²) in [4.78, 5) is 11.6. The minimum Gasteiger partial charge on any atom is -0.444 e. The van der Waals surface area contributed by atoms with Crippen LogP contribution in [0.4, 0.5) is 4.79 Å². The fourth-order valence-corrected chi connectivity index (χ4v) is 2.35. The van der Waals surface area contributed by atoms with Gasteiger partial charge < -0.3 is 14.8 Å². The smallest absolute Gasteiger partial charge is 0.407 e. The number of hydrogen-bond acceptors (Lipinski definition) is 3. The van der Waals surface area contributed by atoms with Crippen LogP contribution in [0, 0.1) is 0 Å². The zero-order valence-corrected chi connectivity index (χ0v) is 14.3. The molecule has 0 heterocycles. The Bertz CT molecular complexity index is 475. The number of hydrogen-bond donors (Lipinski definition) is 1. The maximum Gasteiger partial charge on any atom is 0.407 e. The minimum absolute atomic E-state index is 0.162. The number of nitrogens with one attached hydrogen (secondary N) is 1. The van der Waals surface area contributed by atoms with Gasteiger partial charge in [0.1, 0.15) is 5.60 Å². The number of rotatable bonds is 4. The van der Waals surface area contributed by atoms with Gasteiger partial charge in [-0.15, -0.1) is 0 Å². The summed E-state index contributed by atoms with van der Waals surface area (Å²) in [5.74, 6) is 0. The molecule has 1 aromatic carbocycles. The molecule has 0 atom stereocenters. The van der Waals surface area contributed by atoms with Crippen molar-refractivity contribution in [1.29, 1.82) is 0 Å². The van der Waals surface area contributed by atoms with Gasteiger partial charge in [-0.2, -0.15) is 0 Å². The lowest BCUT2D eigenvalue weighted by molar-refractivity contribution is -0.0291. The number of alkyl carbamates (subject to hydrolysis) is 1. The van der Waals surface area contributed by atoms with Crippen LogP contribution in [0.5, 0.6) is 0 Å². The maximum absolute atomic E-state index is 11.6. The molecule has 21 heavy (non-hydrogen) atoms. The number of carbonyl (C=O) groups is 1. The summed E-state index contributed by atoms with van der Waals surface area (Å²) >= 11 is 3.41. The van der Waals surface area contributed by atoms with Crippen molar-refractivity contribution in [2.24, 2.45) is 0 Å². The third-order valence-electron chi connectivity index (χ3n) is 3.21. The second-order valence-electron chi connectivity index (χ2n) is 6.37. The molecule has 5 heteroatoms. The molecule has 116 valence electrons. The first kappa shape index (κ1) is 16.3. The van der Waals surface area contributed by atoms with Crippen molar-refractivity contribution in [1.82, 2.24) is 5.32 Å². The Balaban J connectivity index is 1.63. The largest absolute Gasteiger partial charge is 0.444 e. The van der Waals surface area contributed by atoms with E-state index in [4.69, 9.17) is 9.47 Å². The van der Waals surface area contributed by atoms with Crippen molar-refractivity contribution >= 4 is 22.0 Å². The van der Waals surface area contributed by atoms with Gasteiger partial charge in [0.05, 0.1) is 12.7 Å². The average molecular weight is 356 g/mol. The van der Waals surface area contributed by atoms with Gasteiger partial charge in [0.2, 0.25) is 0 Å². The Morgan fingerprint density at radius 2 is 1.90 bits per heavy atom. The highest BCUT2D eigenvalue weighted by atomic mass is 79.9. The predicted molar refractivity (Wildman–Crippen MR) is 85.1 cm³/mol. The number of benzene rings is 1. The summed E-state index contributed by atoms with van der Waals surface area (Å²) in [6.45, 7) is 6.18. The van der Waals surface area contributed by atoms with E-state index >= 15 is 0 Å². The first-order chi connectivity index (χ1) is 9.82. The number of carbonyl (C=O) groups excluding carboxylic acids is 1. The molecule has 1 N–H and O–H groups in total. The molecular formula is C16H22BrNO3. The fourth-order valence-electron chi connectivity index (χ4n) is 2.09. The number of halogens is 1. The zero-order valence-electron chi connectivity index (χ0n) is 12.7. The second-order valence-corrected chi connectivity index (χ2v) is 7.29. The Labute approximate surface area is 134 Å². The van der Waals surface area contributed by atoms with E-state index in [2.05, 4.69) is 21.2 Å². The molecule has 1 amide bonds. The highest BCUT2D eigenvalue weighted by Gasteiger charge is 2.32. The van der Waals surface area contributed by atoms with Gasteiger partial charge in [0.25, 0.3) is 0 Å². The molecule has 0 aliphatic heterocycles. The van der Waals surface area contributed by atoms with Crippen LogP contribution in [0.2, 0.25) is 0 Å². The highest BCUT2D eigenvalue weighted by Crippen LogP contribution is 2.25. The molecule has 0 unspecified atom stereocenters. The van der Waals surface area contributed by atoms with E-state index in [1.807, 2.05) is 45.0 Å². The molecule has 1 fully saturated rings. The third kappa shape index (κ3) is 5.67. The first-order valence-electron chi connectivity index (χ1n) is 7.17. The predicted octanol–water partition coefficient (Wildman–Crippen LogP) is 4.02. The lowest BCUT2D eigenvalue weighted by Gasteiger charge is -2.36. The van der Waals surface area contributed by atoms with Crippen LogP contribution in [0.3, 0.4) is 0 Å². The van der Waals surface area contributed by atoms with Gasteiger partial charge in [0, 0.05) is 10.5 Å². The Morgan fingerprint density at radius 1 is 1.29 bits per heavy atom. The number of ether oxygens (including phenoxy) is 2. The first-order valence-corrected chi connectivity index (χ1v) is 7.97. The van der Waals surface area contributed by atoms with Crippen LogP contribution < -0.4 is 5.32 Å². The summed E-state index contributed by atoms with van der Waals surface area (Å²) in [7, 11) is 0. The molecule has 0 spiro atoms. The molecule has 0 saturated heterocycles. The molecule has 1 aliphatic carbocycles. The van der Waals surface area contributed by atoms with Crippen molar-refractivity contribution < 1.29 is 14.3 Å². The topological polar surface area (TPSA) is 47.6 Å². The van der Waals surface area contributed by atoms with E-state index in [1.165, 1.54) is 0 Å². The zero-order chi connectivity index (χ0) is 15.5. The van der Waals surface area contributed by atoms with E-state index < -0.39 is 5.60 Å². The molecule has 1 aliphatic rings. The Morgan fingerprint density at radius 3 is 2.48 bits per heavy atom. The Kier molecular flexibility index (Phi) is 5.27. The molecule has 1 saturated carbocycles. The SMILES string of the molecule is CC(C)(C)OC(=O)NC1CC(OCc2ccc(Br)cc2)C1. The van der Waals surface area contributed by atoms with E-state index in [1.54, 1.807) is 0 Å². The van der Waals surface area contributed by atoms with Crippen LogP contribution in [-0.2, 0) is 16.1 Å². The van der Waals surface area contributed by atoms with Crippen LogP contribution in [0.25, 0.3) is 0 Å². The quantitative estimate of drug-likeness (QED) is 0.886. The molecule has 2 rings (SSSR count). The van der Waals surface area contributed by atoms with Crippen molar-refractivity contribution in [3.63, 3.8) is 0 Å². The summed E-state index contributed by atoms with van der Waals surface area (Å²) < 4.78 is 12.1. The van der Waals surface area contributed by atoms with Gasteiger partial charge >= 0.3 is 6.09 Å². The monoisotopic (exact) mass is 355 g/mol.